The van der Waals surface area contributed by atoms with Crippen molar-refractivity contribution in [3.05, 3.63) is 144 Å². The van der Waals surface area contributed by atoms with Crippen molar-refractivity contribution in [2.45, 2.75) is 201 Å². The van der Waals surface area contributed by atoms with Gasteiger partial charge in [-0.1, -0.05) is 129 Å². The van der Waals surface area contributed by atoms with Crippen molar-refractivity contribution < 1.29 is 43.3 Å². The van der Waals surface area contributed by atoms with E-state index in [1.807, 2.05) is 58.6 Å². The van der Waals surface area contributed by atoms with Crippen LogP contribution in [-0.4, -0.2) is 131 Å². The van der Waals surface area contributed by atoms with Crippen molar-refractivity contribution in [1.82, 2.24) is 30.7 Å². The Labute approximate surface area is 527 Å². The van der Waals surface area contributed by atoms with Crippen LogP contribution in [0.15, 0.2) is 121 Å². The van der Waals surface area contributed by atoms with E-state index in [0.717, 1.165) is 103 Å². The summed E-state index contributed by atoms with van der Waals surface area (Å²) in [6, 6.07) is 42.9. The Morgan fingerprint density at radius 2 is 0.727 bits per heavy atom. The van der Waals surface area contributed by atoms with Crippen LogP contribution >= 0.6 is 0 Å². The molecule has 8 rings (SSSR count). The van der Waals surface area contributed by atoms with Gasteiger partial charge in [-0.25, -0.2) is 9.59 Å². The third-order valence-corrected chi connectivity index (χ3v) is 17.0. The molecule has 4 aromatic rings. The Morgan fingerprint density at radius 3 is 1.03 bits per heavy atom. The molecule has 4 aliphatic heterocycles. The molecule has 0 bridgehead atoms. The lowest BCUT2D eigenvalue weighted by atomic mass is 9.91. The van der Waals surface area contributed by atoms with Crippen LogP contribution in [0.2, 0.25) is 0 Å². The summed E-state index contributed by atoms with van der Waals surface area (Å²) in [5.41, 5.74) is 4.42. The first-order chi connectivity index (χ1) is 41.8. The van der Waals surface area contributed by atoms with Crippen LogP contribution in [-0.2, 0) is 54.3 Å². The first-order valence-electron chi connectivity index (χ1n) is 32.7. The van der Waals surface area contributed by atoms with Crippen LogP contribution in [0.1, 0.15) is 174 Å². The van der Waals surface area contributed by atoms with E-state index >= 15 is 0 Å². The smallest absolute Gasteiger partial charge is 0.410 e. The van der Waals surface area contributed by atoms with Gasteiger partial charge in [0.25, 0.3) is 0 Å². The molecule has 0 atom stereocenters. The normalized spacial score (nSPS) is 16.2. The van der Waals surface area contributed by atoms with Crippen molar-refractivity contribution >= 4 is 35.9 Å². The van der Waals surface area contributed by atoms with Gasteiger partial charge in [-0.15, -0.1) is 0 Å². The molecule has 0 unspecified atom stereocenters. The summed E-state index contributed by atoms with van der Waals surface area (Å²) >= 11 is 0. The van der Waals surface area contributed by atoms with Gasteiger partial charge in [-0.3, -0.25) is 19.2 Å². The Morgan fingerprint density at radius 1 is 0.443 bits per heavy atom. The van der Waals surface area contributed by atoms with E-state index in [2.05, 4.69) is 125 Å². The van der Waals surface area contributed by atoms with Crippen LogP contribution in [0.5, 0.6) is 0 Å². The summed E-state index contributed by atoms with van der Waals surface area (Å²) in [4.78, 5) is 79.4. The fraction of sp³-hybridized carbons (Fsp3) is 0.589. The average Bonchev–Trinajstić information content (AvgIpc) is 3.67. The maximum Gasteiger partial charge on any atom is 0.410 e. The molecule has 15 nitrogen and oxygen atoms in total. The molecule has 4 heterocycles. The summed E-state index contributed by atoms with van der Waals surface area (Å²) < 4.78 is 10.7. The molecule has 0 aliphatic carbocycles. The van der Waals surface area contributed by atoms with Gasteiger partial charge >= 0.3 is 18.2 Å². The third-order valence-electron chi connectivity index (χ3n) is 17.0. The van der Waals surface area contributed by atoms with Crippen molar-refractivity contribution in [2.75, 3.05) is 52.4 Å². The van der Waals surface area contributed by atoms with Gasteiger partial charge in [0.05, 0.1) is 5.92 Å². The maximum absolute atomic E-state index is 13.4. The van der Waals surface area contributed by atoms with Gasteiger partial charge in [0.1, 0.15) is 11.2 Å². The highest BCUT2D eigenvalue weighted by molar-refractivity contribution is 5.82. The van der Waals surface area contributed by atoms with Crippen LogP contribution in [0.3, 0.4) is 0 Å². The number of carboxylic acids is 1. The number of carboxylic acid groups (broad SMARTS) is 1. The number of benzene rings is 4. The van der Waals surface area contributed by atoms with Gasteiger partial charge in [0, 0.05) is 69.1 Å². The van der Waals surface area contributed by atoms with Crippen LogP contribution < -0.4 is 16.0 Å². The summed E-state index contributed by atoms with van der Waals surface area (Å²) in [6.45, 7) is 16.2. The van der Waals surface area contributed by atoms with Crippen molar-refractivity contribution in [3.63, 3.8) is 0 Å². The van der Waals surface area contributed by atoms with Gasteiger partial charge in [-0.2, -0.15) is 0 Å². The van der Waals surface area contributed by atoms with E-state index in [1.54, 1.807) is 9.80 Å². The largest absolute Gasteiger partial charge is 0.481 e. The number of hydrogen-bond donors (Lipinski definition) is 4. The number of piperidine rings is 4. The zero-order valence-electron chi connectivity index (χ0n) is 53.4. The highest BCUT2D eigenvalue weighted by atomic mass is 16.6. The Balaban J connectivity index is 0.000000267. The molecule has 484 valence electrons. The highest BCUT2D eigenvalue weighted by Gasteiger charge is 2.35. The maximum atomic E-state index is 13.4. The van der Waals surface area contributed by atoms with Crippen molar-refractivity contribution in [1.29, 1.82) is 0 Å². The molecule has 4 N–H and O–H groups in total. The number of nitrogens with zero attached hydrogens (tertiary/aromatic N) is 3. The SMILES string of the molecule is C.CC(C)(C)OC(=O)N1CCC(C(=O)N2CCC(C(=O)NC(CCCc3ccccc3)CCCc3ccccc3)CC2)CC1.CC(C)(C)OC(=O)N1CCC(C(=O)O)CC1.O=C(NC(CCCc1ccccc1)CCCc1ccccc1)C1CCNCC1. The molecule has 88 heavy (non-hydrogen) atoms. The molecule has 4 aromatic carbocycles. The summed E-state index contributed by atoms with van der Waals surface area (Å²) in [6.07, 6.45) is 17.6. The van der Waals surface area contributed by atoms with Crippen molar-refractivity contribution in [2.24, 2.45) is 23.7 Å². The molecular weight excluding hydrogens is 1100 g/mol. The zero-order valence-corrected chi connectivity index (χ0v) is 53.4. The molecule has 0 saturated carbocycles. The van der Waals surface area contributed by atoms with E-state index in [1.165, 1.54) is 22.3 Å². The number of aliphatic carboxylic acids is 1. The Bertz CT molecular complexity index is 2540. The first-order valence-corrected chi connectivity index (χ1v) is 32.7. The zero-order chi connectivity index (χ0) is 62.4. The van der Waals surface area contributed by atoms with Gasteiger partial charge in [-0.05, 0) is 205 Å². The second-order valence-electron chi connectivity index (χ2n) is 26.4. The van der Waals surface area contributed by atoms with Crippen molar-refractivity contribution in [3.8, 4) is 0 Å². The van der Waals surface area contributed by atoms with Crippen LogP contribution in [0, 0.1) is 23.7 Å². The standard InChI is InChI=1S/C36H51N3O4.C25H34N2O.C11H19NO4.CH4/c1-36(2,3)43-35(42)39-26-22-31(23-27-39)34(41)38-24-20-30(21-25-38)33(40)37-32(18-10-16-28-12-6-4-7-13-28)19-11-17-29-14-8-5-9-15-29;28-25(23-17-19-26-20-18-23)27-24(15-7-13-21-9-3-1-4-10-21)16-8-14-22-11-5-2-6-12-22;1-11(2,3)16-10(15)12-6-4-8(5-7-12)9(13)14;/h4-9,12-15,30-32H,10-11,16-27H2,1-3H3,(H,37,40);1-6,9-12,23-24,26H,7-8,13-20H2,(H,27,28);8H,4-7H2,1-3H3,(H,13,14);1H4. The predicted molar refractivity (Wildman–Crippen MR) is 352 cm³/mol. The lowest BCUT2D eigenvalue weighted by molar-refractivity contribution is -0.143. The van der Waals surface area contributed by atoms with E-state index in [4.69, 9.17) is 14.6 Å². The third kappa shape index (κ3) is 27.3. The van der Waals surface area contributed by atoms with Gasteiger partial charge in [0.15, 0.2) is 0 Å². The number of nitrogens with one attached hydrogen (secondary N) is 3. The van der Waals surface area contributed by atoms with Gasteiger partial charge in [0.2, 0.25) is 17.7 Å². The first kappa shape index (κ1) is 72.0. The number of amides is 5. The summed E-state index contributed by atoms with van der Waals surface area (Å²) in [5.74, 6) is -0.448. The van der Waals surface area contributed by atoms with Gasteiger partial charge < -0.3 is 45.2 Å². The lowest BCUT2D eigenvalue weighted by Crippen LogP contribution is -2.49. The van der Waals surface area contributed by atoms with E-state index in [0.29, 0.717) is 77.8 Å². The minimum absolute atomic E-state index is 0. The molecule has 15 heteroatoms. The average molecular weight is 1210 g/mol. The second kappa shape index (κ2) is 38.0. The molecule has 4 saturated heterocycles. The fourth-order valence-electron chi connectivity index (χ4n) is 12.0. The van der Waals surface area contributed by atoms with E-state index in [-0.39, 0.29) is 73.1 Å². The number of carbonyl (C=O) groups is 6. The predicted octanol–water partition coefficient (Wildman–Crippen LogP) is 13.3. The molecule has 0 radical (unpaired) electrons. The van der Waals surface area contributed by atoms with Crippen LogP contribution in [0.4, 0.5) is 9.59 Å². The Kier molecular flexibility index (Phi) is 31.1. The number of carbonyl (C=O) groups excluding carboxylic acids is 5. The quantitative estimate of drug-likeness (QED) is 0.0590. The number of aryl methyl sites for hydroxylation is 4. The summed E-state index contributed by atoms with van der Waals surface area (Å²) in [5, 5.41) is 19.0. The lowest BCUT2D eigenvalue weighted by Gasteiger charge is -2.37. The number of ether oxygens (including phenoxy) is 2. The number of likely N-dealkylation sites (tertiary alicyclic amines) is 3. The molecular formula is C73H108N6O9. The summed E-state index contributed by atoms with van der Waals surface area (Å²) in [7, 11) is 0. The molecule has 0 aromatic heterocycles. The number of hydrogen-bond acceptors (Lipinski definition) is 9. The topological polar surface area (TPSA) is 187 Å². The minimum atomic E-state index is -0.774. The van der Waals surface area contributed by atoms with E-state index in [9.17, 15) is 28.8 Å². The molecule has 0 spiro atoms. The monoisotopic (exact) mass is 1210 g/mol. The molecule has 5 amide bonds. The molecule has 4 aliphatic rings. The second-order valence-corrected chi connectivity index (χ2v) is 26.4. The highest BCUT2D eigenvalue weighted by Crippen LogP contribution is 2.27. The minimum Gasteiger partial charge on any atom is -0.481 e. The van der Waals surface area contributed by atoms with Crippen LogP contribution in [0.25, 0.3) is 0 Å². The number of rotatable bonds is 22. The molecule has 4 fully saturated rings. The Hall–Kier alpha value is -6.74. The van der Waals surface area contributed by atoms with E-state index < -0.39 is 17.2 Å². The fourth-order valence-corrected chi connectivity index (χ4v) is 12.0.